The summed E-state index contributed by atoms with van der Waals surface area (Å²) in [6, 6.07) is 6.12. The molecule has 1 unspecified atom stereocenters. The average molecular weight is 313 g/mol. The van der Waals surface area contributed by atoms with Gasteiger partial charge in [0, 0.05) is 37.8 Å². The maximum Gasteiger partial charge on any atom is 0.104 e. The Hall–Kier alpha value is -0.880. The second-order valence-electron chi connectivity index (χ2n) is 5.34. The lowest BCUT2D eigenvalue weighted by Crippen LogP contribution is -2.52. The molecule has 0 bridgehead atoms. The fraction of sp³-hybridized carbons (Fsp3) is 0.500. The molecule has 1 heterocycles. The van der Waals surface area contributed by atoms with E-state index in [9.17, 15) is 0 Å². The number of piperazine rings is 1. The van der Waals surface area contributed by atoms with Gasteiger partial charge in [0.15, 0.2) is 0 Å². The molecule has 0 saturated carbocycles. The molecule has 3 N–H and O–H groups in total. The number of nitrogens with two attached hydrogens (primary N) is 1. The third-order valence-corrected chi connectivity index (χ3v) is 4.31. The summed E-state index contributed by atoms with van der Waals surface area (Å²) in [5.41, 5.74) is 7.32. The Kier molecular flexibility index (Phi) is 5.21. The molecule has 1 atom stereocenters. The molecule has 0 aliphatic carbocycles. The van der Waals surface area contributed by atoms with Gasteiger partial charge in [0.25, 0.3) is 0 Å². The van der Waals surface area contributed by atoms with Gasteiger partial charge in [-0.25, -0.2) is 0 Å². The van der Waals surface area contributed by atoms with Crippen LogP contribution in [-0.2, 0) is 0 Å². The van der Waals surface area contributed by atoms with Gasteiger partial charge in [-0.15, -0.1) is 0 Å². The first-order valence-corrected chi connectivity index (χ1v) is 7.48. The molecule has 2 rings (SSSR count). The monoisotopic (exact) mass is 312 g/mol. The Bertz CT molecular complexity index is 494. The van der Waals surface area contributed by atoms with Crippen molar-refractivity contribution >= 4 is 34.5 Å². The summed E-state index contributed by atoms with van der Waals surface area (Å²) < 4.78 is 0. The van der Waals surface area contributed by atoms with Crippen LogP contribution < -0.4 is 11.1 Å². The van der Waals surface area contributed by atoms with E-state index in [0.717, 1.165) is 37.4 Å². The van der Waals surface area contributed by atoms with Crippen LogP contribution in [0.4, 0.5) is 5.69 Å². The van der Waals surface area contributed by atoms with Crippen molar-refractivity contribution in [2.24, 2.45) is 5.73 Å². The van der Waals surface area contributed by atoms with Crippen molar-refractivity contribution in [1.82, 2.24) is 9.80 Å². The number of hydrogen-bond donors (Lipinski definition) is 2. The number of likely N-dealkylation sites (N-methyl/N-ethyl adjacent to an activating group) is 2. The van der Waals surface area contributed by atoms with Gasteiger partial charge in [-0.2, -0.15) is 0 Å². The highest BCUT2D eigenvalue weighted by atomic mass is 35.5. The quantitative estimate of drug-likeness (QED) is 0.828. The Labute approximate surface area is 130 Å². The molecular weight excluding hydrogens is 292 g/mol. The van der Waals surface area contributed by atoms with Crippen molar-refractivity contribution in [3.63, 3.8) is 0 Å². The Balaban J connectivity index is 1.98. The molecule has 0 aromatic heterocycles. The summed E-state index contributed by atoms with van der Waals surface area (Å²) in [6.45, 7) is 4.15. The van der Waals surface area contributed by atoms with Gasteiger partial charge in [-0.1, -0.05) is 23.8 Å². The lowest BCUT2D eigenvalue weighted by Gasteiger charge is -2.38. The van der Waals surface area contributed by atoms with Crippen LogP contribution in [0.25, 0.3) is 0 Å². The Morgan fingerprint density at radius 3 is 2.85 bits per heavy atom. The molecule has 0 radical (unpaired) electrons. The Morgan fingerprint density at radius 1 is 1.45 bits per heavy atom. The van der Waals surface area contributed by atoms with Crippen LogP contribution in [0.15, 0.2) is 18.2 Å². The molecular formula is C14H21ClN4S. The molecule has 1 aromatic rings. The van der Waals surface area contributed by atoms with E-state index in [0.29, 0.717) is 16.1 Å². The highest BCUT2D eigenvalue weighted by Crippen LogP contribution is 2.23. The molecule has 1 aromatic carbocycles. The number of nitrogens with zero attached hydrogens (tertiary/aromatic N) is 2. The van der Waals surface area contributed by atoms with Gasteiger partial charge in [0.05, 0.1) is 10.7 Å². The first-order chi connectivity index (χ1) is 9.47. The summed E-state index contributed by atoms with van der Waals surface area (Å²) in [5, 5.41) is 4.07. The van der Waals surface area contributed by atoms with Crippen molar-refractivity contribution in [2.45, 2.75) is 6.04 Å². The summed E-state index contributed by atoms with van der Waals surface area (Å²) >= 11 is 11.2. The van der Waals surface area contributed by atoms with E-state index >= 15 is 0 Å². The van der Waals surface area contributed by atoms with Crippen LogP contribution in [0.5, 0.6) is 0 Å². The zero-order valence-corrected chi connectivity index (χ0v) is 13.5. The van der Waals surface area contributed by atoms with Crippen LogP contribution in [-0.4, -0.2) is 61.1 Å². The molecule has 0 amide bonds. The normalized spacial score (nSPS) is 20.9. The molecule has 1 fully saturated rings. The molecule has 1 saturated heterocycles. The van der Waals surface area contributed by atoms with E-state index in [1.165, 1.54) is 0 Å². The molecule has 1 aliphatic heterocycles. The minimum Gasteiger partial charge on any atom is -0.389 e. The number of nitrogens with one attached hydrogen (secondary N) is 1. The number of halogens is 1. The third kappa shape index (κ3) is 3.82. The summed E-state index contributed by atoms with van der Waals surface area (Å²) in [4.78, 5) is 5.10. The predicted molar refractivity (Wildman–Crippen MR) is 89.7 cm³/mol. The van der Waals surface area contributed by atoms with E-state index in [1.54, 1.807) is 0 Å². The predicted octanol–water partition coefficient (Wildman–Crippen LogP) is 1.63. The van der Waals surface area contributed by atoms with Gasteiger partial charge in [0.2, 0.25) is 0 Å². The van der Waals surface area contributed by atoms with Gasteiger partial charge in [0.1, 0.15) is 4.99 Å². The zero-order chi connectivity index (χ0) is 14.7. The smallest absolute Gasteiger partial charge is 0.104 e. The third-order valence-electron chi connectivity index (χ3n) is 3.76. The molecule has 4 nitrogen and oxygen atoms in total. The van der Waals surface area contributed by atoms with E-state index in [1.807, 2.05) is 18.2 Å². The van der Waals surface area contributed by atoms with Crippen LogP contribution in [0.2, 0.25) is 5.02 Å². The van der Waals surface area contributed by atoms with Gasteiger partial charge in [-0.3, -0.25) is 4.90 Å². The second kappa shape index (κ2) is 6.72. The SMILES string of the molecule is CN1CCN(C)C(CNc2ccc(C(N)=S)cc2Cl)C1. The van der Waals surface area contributed by atoms with Crippen molar-refractivity contribution < 1.29 is 0 Å². The Morgan fingerprint density at radius 2 is 2.20 bits per heavy atom. The van der Waals surface area contributed by atoms with E-state index in [2.05, 4.69) is 29.2 Å². The van der Waals surface area contributed by atoms with Crippen molar-refractivity contribution in [1.29, 1.82) is 0 Å². The lowest BCUT2D eigenvalue weighted by molar-refractivity contribution is 0.122. The van der Waals surface area contributed by atoms with Crippen LogP contribution >= 0.6 is 23.8 Å². The van der Waals surface area contributed by atoms with Crippen LogP contribution in [0, 0.1) is 0 Å². The molecule has 6 heteroatoms. The maximum atomic E-state index is 6.25. The summed E-state index contributed by atoms with van der Waals surface area (Å²) in [5.74, 6) is 0. The number of thiocarbonyl (C=S) groups is 1. The standard InChI is InChI=1S/C14H21ClN4S/c1-18-5-6-19(2)11(9-18)8-17-13-4-3-10(14(16)20)7-12(13)15/h3-4,7,11,17H,5-6,8-9H2,1-2H3,(H2,16,20). The van der Waals surface area contributed by atoms with Gasteiger partial charge >= 0.3 is 0 Å². The summed E-state index contributed by atoms with van der Waals surface area (Å²) in [7, 11) is 4.32. The minimum absolute atomic E-state index is 0.368. The highest BCUT2D eigenvalue weighted by Gasteiger charge is 2.21. The van der Waals surface area contributed by atoms with Crippen molar-refractivity contribution in [2.75, 3.05) is 45.6 Å². The number of anilines is 1. The van der Waals surface area contributed by atoms with E-state index in [4.69, 9.17) is 29.6 Å². The van der Waals surface area contributed by atoms with Crippen LogP contribution in [0.3, 0.4) is 0 Å². The van der Waals surface area contributed by atoms with Crippen LogP contribution in [0.1, 0.15) is 5.56 Å². The number of benzene rings is 1. The topological polar surface area (TPSA) is 44.5 Å². The maximum absolute atomic E-state index is 6.25. The molecule has 20 heavy (non-hydrogen) atoms. The van der Waals surface area contributed by atoms with Gasteiger partial charge in [-0.05, 0) is 32.3 Å². The molecule has 0 spiro atoms. The minimum atomic E-state index is 0.368. The van der Waals surface area contributed by atoms with Crippen molar-refractivity contribution in [3.8, 4) is 0 Å². The first kappa shape index (κ1) is 15.5. The zero-order valence-electron chi connectivity index (χ0n) is 11.9. The molecule has 1 aliphatic rings. The second-order valence-corrected chi connectivity index (χ2v) is 6.18. The average Bonchev–Trinajstić information content (AvgIpc) is 2.40. The number of rotatable bonds is 4. The lowest BCUT2D eigenvalue weighted by atomic mass is 10.1. The highest BCUT2D eigenvalue weighted by molar-refractivity contribution is 7.80. The first-order valence-electron chi connectivity index (χ1n) is 6.69. The fourth-order valence-electron chi connectivity index (χ4n) is 2.36. The van der Waals surface area contributed by atoms with E-state index in [-0.39, 0.29) is 0 Å². The molecule has 110 valence electrons. The van der Waals surface area contributed by atoms with Crippen molar-refractivity contribution in [3.05, 3.63) is 28.8 Å². The summed E-state index contributed by atoms with van der Waals surface area (Å²) in [6.07, 6.45) is 0. The van der Waals surface area contributed by atoms with Gasteiger partial charge < -0.3 is 16.0 Å². The largest absolute Gasteiger partial charge is 0.389 e. The van der Waals surface area contributed by atoms with E-state index < -0.39 is 0 Å². The number of hydrogen-bond acceptors (Lipinski definition) is 4. The fourth-order valence-corrected chi connectivity index (χ4v) is 2.74.